The Labute approximate surface area is 77.1 Å². The van der Waals surface area contributed by atoms with E-state index in [1.807, 2.05) is 6.08 Å². The van der Waals surface area contributed by atoms with E-state index < -0.39 is 0 Å². The van der Waals surface area contributed by atoms with Gasteiger partial charge in [-0.05, 0) is 18.8 Å². The standard InChI is InChI=1S/C10H12N2O/c11-12-9-6-5-7-3-1-2-4-8(7)10(9)13/h5-8H,1-4H2. The molecule has 0 aromatic heterocycles. The molecule has 0 saturated heterocycles. The molecule has 2 aliphatic rings. The number of hydrogen-bond acceptors (Lipinski definition) is 1. The third-order valence-electron chi connectivity index (χ3n) is 3.02. The van der Waals surface area contributed by atoms with E-state index in [1.165, 1.54) is 6.42 Å². The molecule has 13 heavy (non-hydrogen) atoms. The van der Waals surface area contributed by atoms with Gasteiger partial charge in [0.05, 0.1) is 0 Å². The van der Waals surface area contributed by atoms with Crippen LogP contribution in [0.25, 0.3) is 5.53 Å². The molecule has 0 aliphatic heterocycles. The summed E-state index contributed by atoms with van der Waals surface area (Å²) in [7, 11) is 0. The summed E-state index contributed by atoms with van der Waals surface area (Å²) in [5.41, 5.74) is 8.79. The molecule has 2 rings (SSSR count). The minimum atomic E-state index is 0.0229. The van der Waals surface area contributed by atoms with Gasteiger partial charge in [-0.3, -0.25) is 4.79 Å². The molecule has 0 N–H and O–H groups in total. The van der Waals surface area contributed by atoms with Crippen LogP contribution in [0.15, 0.2) is 12.2 Å². The molecule has 0 amide bonds. The molecule has 0 spiro atoms. The van der Waals surface area contributed by atoms with Crippen LogP contribution in [-0.2, 0) is 4.79 Å². The first-order valence-electron chi connectivity index (χ1n) is 4.77. The highest BCUT2D eigenvalue weighted by atomic mass is 16.1. The van der Waals surface area contributed by atoms with Gasteiger partial charge in [-0.25, -0.2) is 0 Å². The predicted octanol–water partition coefficient (Wildman–Crippen LogP) is 1.60. The molecular weight excluding hydrogens is 164 g/mol. The van der Waals surface area contributed by atoms with Crippen LogP contribution in [0.5, 0.6) is 0 Å². The first kappa shape index (κ1) is 8.39. The molecule has 3 heteroatoms. The van der Waals surface area contributed by atoms with Crippen LogP contribution in [0.3, 0.4) is 0 Å². The Morgan fingerprint density at radius 1 is 1.38 bits per heavy atom. The Hall–Kier alpha value is -1.21. The normalized spacial score (nSPS) is 32.6. The second-order valence-corrected chi connectivity index (χ2v) is 3.76. The second kappa shape index (κ2) is 3.27. The average Bonchev–Trinajstić information content (AvgIpc) is 2.19. The van der Waals surface area contributed by atoms with E-state index in [0.717, 1.165) is 19.3 Å². The quantitative estimate of drug-likeness (QED) is 0.408. The number of fused-ring (bicyclic) bond motifs is 1. The van der Waals surface area contributed by atoms with Gasteiger partial charge >= 0.3 is 5.71 Å². The first-order chi connectivity index (χ1) is 6.33. The predicted molar refractivity (Wildman–Crippen MR) is 48.2 cm³/mol. The zero-order chi connectivity index (χ0) is 9.26. The molecule has 3 nitrogen and oxygen atoms in total. The lowest BCUT2D eigenvalue weighted by atomic mass is 9.73. The van der Waals surface area contributed by atoms with Gasteiger partial charge in [-0.15, -0.1) is 0 Å². The lowest BCUT2D eigenvalue weighted by Crippen LogP contribution is -2.34. The molecule has 2 atom stereocenters. The molecule has 1 fully saturated rings. The number of ketones is 1. The summed E-state index contributed by atoms with van der Waals surface area (Å²) in [5, 5.41) is 0. The summed E-state index contributed by atoms with van der Waals surface area (Å²) in [6, 6.07) is 0. The summed E-state index contributed by atoms with van der Waals surface area (Å²) in [6.07, 6.45) is 8.05. The molecule has 0 heterocycles. The minimum Gasteiger partial charge on any atom is -0.361 e. The fraction of sp³-hybridized carbons (Fsp3) is 0.600. The second-order valence-electron chi connectivity index (χ2n) is 3.76. The van der Waals surface area contributed by atoms with E-state index in [0.29, 0.717) is 5.92 Å². The lowest BCUT2D eigenvalue weighted by Gasteiger charge is -2.28. The number of nitrogens with zero attached hydrogens (tertiary/aromatic N) is 2. The number of hydrogen-bond donors (Lipinski definition) is 0. The van der Waals surface area contributed by atoms with Gasteiger partial charge in [0.25, 0.3) is 0 Å². The molecule has 0 aromatic carbocycles. The van der Waals surface area contributed by atoms with E-state index in [1.54, 1.807) is 6.08 Å². The largest absolute Gasteiger partial charge is 0.361 e. The number of Topliss-reactive ketones (excluding diaryl/α,β-unsaturated/α-hetero) is 1. The van der Waals surface area contributed by atoms with Crippen LogP contribution < -0.4 is 0 Å². The van der Waals surface area contributed by atoms with Gasteiger partial charge in [0.1, 0.15) is 0 Å². The fourth-order valence-corrected chi connectivity index (χ4v) is 2.28. The lowest BCUT2D eigenvalue weighted by molar-refractivity contribution is -0.122. The van der Waals surface area contributed by atoms with Crippen molar-refractivity contribution in [3.63, 3.8) is 0 Å². The summed E-state index contributed by atoms with van der Waals surface area (Å²) in [4.78, 5) is 14.6. The van der Waals surface area contributed by atoms with Crippen LogP contribution in [-0.4, -0.2) is 16.3 Å². The Morgan fingerprint density at radius 3 is 2.92 bits per heavy atom. The van der Waals surface area contributed by atoms with E-state index in [9.17, 15) is 4.79 Å². The molecule has 0 aromatic rings. The number of rotatable bonds is 0. The third-order valence-corrected chi connectivity index (χ3v) is 3.02. The Bertz CT molecular complexity index is 313. The van der Waals surface area contributed by atoms with Crippen molar-refractivity contribution < 1.29 is 9.58 Å². The summed E-state index contributed by atoms with van der Waals surface area (Å²) in [6.45, 7) is 0. The highest BCUT2D eigenvalue weighted by Crippen LogP contribution is 2.33. The van der Waals surface area contributed by atoms with Crippen molar-refractivity contribution in [1.29, 1.82) is 0 Å². The topological polar surface area (TPSA) is 53.5 Å². The maximum atomic E-state index is 11.6. The molecule has 0 bridgehead atoms. The Balaban J connectivity index is 2.31. The van der Waals surface area contributed by atoms with Gasteiger partial charge in [0.2, 0.25) is 5.78 Å². The molecule has 68 valence electrons. The maximum absolute atomic E-state index is 11.6. The Morgan fingerprint density at radius 2 is 2.15 bits per heavy atom. The molecule has 2 unspecified atom stereocenters. The van der Waals surface area contributed by atoms with Crippen molar-refractivity contribution in [3.8, 4) is 0 Å². The van der Waals surface area contributed by atoms with E-state index >= 15 is 0 Å². The monoisotopic (exact) mass is 176 g/mol. The minimum absolute atomic E-state index is 0.0229. The number of carbonyl (C=O) groups is 1. The van der Waals surface area contributed by atoms with Crippen molar-refractivity contribution in [1.82, 2.24) is 0 Å². The van der Waals surface area contributed by atoms with Crippen LogP contribution in [0, 0.1) is 11.8 Å². The summed E-state index contributed by atoms with van der Waals surface area (Å²) < 4.78 is 0. The van der Waals surface area contributed by atoms with Crippen molar-refractivity contribution in [2.24, 2.45) is 11.8 Å². The van der Waals surface area contributed by atoms with Gasteiger partial charge in [0, 0.05) is 12.0 Å². The maximum Gasteiger partial charge on any atom is 0.357 e. The van der Waals surface area contributed by atoms with Gasteiger partial charge < -0.3 is 5.53 Å². The van der Waals surface area contributed by atoms with Crippen LogP contribution in [0.1, 0.15) is 25.7 Å². The first-order valence-corrected chi connectivity index (χ1v) is 4.77. The molecule has 1 saturated carbocycles. The SMILES string of the molecule is [N-]=[N+]=C1C=CC2CCCCC2C1=O. The van der Waals surface area contributed by atoms with E-state index in [-0.39, 0.29) is 17.4 Å². The van der Waals surface area contributed by atoms with Crippen LogP contribution in [0.4, 0.5) is 0 Å². The summed E-state index contributed by atoms with van der Waals surface area (Å²) in [5.74, 6) is 0.506. The number of allylic oxidation sites excluding steroid dienone is 2. The van der Waals surface area contributed by atoms with Crippen molar-refractivity contribution in [3.05, 3.63) is 17.7 Å². The fourth-order valence-electron chi connectivity index (χ4n) is 2.28. The number of carbonyl (C=O) groups excluding carboxylic acids is 1. The molecule has 0 radical (unpaired) electrons. The smallest absolute Gasteiger partial charge is 0.357 e. The molecule has 2 aliphatic carbocycles. The van der Waals surface area contributed by atoms with Gasteiger partial charge in [0.15, 0.2) is 0 Å². The van der Waals surface area contributed by atoms with Crippen molar-refractivity contribution >= 4 is 11.5 Å². The van der Waals surface area contributed by atoms with Gasteiger partial charge in [-0.2, -0.15) is 4.79 Å². The molecular formula is C10H12N2O. The Kier molecular flexibility index (Phi) is 2.11. The van der Waals surface area contributed by atoms with Crippen molar-refractivity contribution in [2.45, 2.75) is 25.7 Å². The third kappa shape index (κ3) is 1.36. The summed E-state index contributed by atoms with van der Waals surface area (Å²) >= 11 is 0. The highest BCUT2D eigenvalue weighted by Gasteiger charge is 2.37. The van der Waals surface area contributed by atoms with E-state index in [4.69, 9.17) is 5.53 Å². The zero-order valence-electron chi connectivity index (χ0n) is 7.44. The highest BCUT2D eigenvalue weighted by molar-refractivity contribution is 6.43. The van der Waals surface area contributed by atoms with Crippen molar-refractivity contribution in [2.75, 3.05) is 0 Å². The zero-order valence-corrected chi connectivity index (χ0v) is 7.44. The van der Waals surface area contributed by atoms with E-state index in [2.05, 4.69) is 4.79 Å². The van der Waals surface area contributed by atoms with Crippen LogP contribution >= 0.6 is 0 Å². The average molecular weight is 176 g/mol. The van der Waals surface area contributed by atoms with Crippen LogP contribution in [0.2, 0.25) is 0 Å². The van der Waals surface area contributed by atoms with Gasteiger partial charge in [-0.1, -0.05) is 18.9 Å².